The molecule has 1 aromatic carbocycles. The molecule has 0 spiro atoms. The first-order chi connectivity index (χ1) is 11.1. The maximum atomic E-state index is 12.7. The number of hydrogen-bond acceptors (Lipinski definition) is 3. The molecular weight excluding hydrogens is 286 g/mol. The van der Waals surface area contributed by atoms with E-state index in [-0.39, 0.29) is 5.56 Å². The second-order valence-corrected chi connectivity index (χ2v) is 7.03. The van der Waals surface area contributed by atoms with Crippen LogP contribution in [-0.4, -0.2) is 33.1 Å². The zero-order valence-electron chi connectivity index (χ0n) is 14.5. The van der Waals surface area contributed by atoms with E-state index in [1.165, 1.54) is 25.8 Å². The summed E-state index contributed by atoms with van der Waals surface area (Å²) in [5, 5.41) is 0.733. The van der Waals surface area contributed by atoms with Gasteiger partial charge in [0.05, 0.1) is 17.2 Å². The average Bonchev–Trinajstić information content (AvgIpc) is 2.55. The molecule has 1 saturated heterocycles. The Bertz CT molecular complexity index is 735. The van der Waals surface area contributed by atoms with E-state index in [0.717, 1.165) is 29.4 Å². The predicted molar refractivity (Wildman–Crippen MR) is 94.8 cm³/mol. The van der Waals surface area contributed by atoms with Crippen molar-refractivity contribution >= 4 is 10.9 Å². The number of likely N-dealkylation sites (tertiary alicyclic amines) is 1. The van der Waals surface area contributed by atoms with Crippen molar-refractivity contribution in [3.63, 3.8) is 0 Å². The van der Waals surface area contributed by atoms with Crippen LogP contribution in [0.15, 0.2) is 29.3 Å². The number of hydrogen-bond donors (Lipinski definition) is 0. The Hall–Kier alpha value is -1.68. The molecule has 1 aliphatic heterocycles. The summed E-state index contributed by atoms with van der Waals surface area (Å²) in [5.41, 5.74) is 1.98. The van der Waals surface area contributed by atoms with E-state index in [0.29, 0.717) is 12.1 Å². The third-order valence-electron chi connectivity index (χ3n) is 5.02. The predicted octanol–water partition coefficient (Wildman–Crippen LogP) is 3.36. The van der Waals surface area contributed by atoms with Crippen molar-refractivity contribution in [3.8, 4) is 0 Å². The Balaban J connectivity index is 1.79. The van der Waals surface area contributed by atoms with Crippen LogP contribution >= 0.6 is 0 Å². The van der Waals surface area contributed by atoms with Crippen molar-refractivity contribution < 1.29 is 0 Å². The number of fused-ring (bicyclic) bond motifs is 1. The lowest BCUT2D eigenvalue weighted by molar-refractivity contribution is 0.102. The Morgan fingerprint density at radius 2 is 2.13 bits per heavy atom. The maximum absolute atomic E-state index is 12.7. The SMILES string of the molecule is Cc1ccc2ncn(CC[C@H]3CCCCN3C(C)C)c(=O)c2c1. The van der Waals surface area contributed by atoms with E-state index in [2.05, 4.69) is 23.7 Å². The lowest BCUT2D eigenvalue weighted by Crippen LogP contribution is -2.44. The van der Waals surface area contributed by atoms with E-state index in [9.17, 15) is 4.79 Å². The van der Waals surface area contributed by atoms with Gasteiger partial charge in [0.15, 0.2) is 0 Å². The van der Waals surface area contributed by atoms with Crippen molar-refractivity contribution in [2.75, 3.05) is 6.54 Å². The Labute approximate surface area is 138 Å². The fraction of sp³-hybridized carbons (Fsp3) is 0.579. The summed E-state index contributed by atoms with van der Waals surface area (Å²) in [6.45, 7) is 8.49. The van der Waals surface area contributed by atoms with Gasteiger partial charge >= 0.3 is 0 Å². The standard InChI is InChI=1S/C19H27N3O/c1-14(2)22-10-5-4-6-16(22)9-11-21-13-20-18-8-7-15(3)12-17(18)19(21)23/h7-8,12-14,16H,4-6,9-11H2,1-3H3/t16-/m1/s1. The van der Waals surface area contributed by atoms with Crippen LogP contribution in [0.25, 0.3) is 10.9 Å². The normalized spacial score (nSPS) is 19.6. The quantitative estimate of drug-likeness (QED) is 0.869. The van der Waals surface area contributed by atoms with E-state index in [4.69, 9.17) is 0 Å². The molecule has 0 radical (unpaired) electrons. The van der Waals surface area contributed by atoms with Gasteiger partial charge in [-0.3, -0.25) is 14.3 Å². The highest BCUT2D eigenvalue weighted by atomic mass is 16.1. The van der Waals surface area contributed by atoms with Crippen molar-refractivity contribution in [1.82, 2.24) is 14.5 Å². The van der Waals surface area contributed by atoms with Gasteiger partial charge in [0.2, 0.25) is 0 Å². The molecule has 1 aliphatic rings. The third-order valence-corrected chi connectivity index (χ3v) is 5.02. The summed E-state index contributed by atoms with van der Waals surface area (Å²) in [6, 6.07) is 7.04. The molecular formula is C19H27N3O. The number of aromatic nitrogens is 2. The molecule has 0 N–H and O–H groups in total. The molecule has 2 aromatic rings. The molecule has 0 aliphatic carbocycles. The molecule has 1 aromatic heterocycles. The van der Waals surface area contributed by atoms with Crippen molar-refractivity contribution in [1.29, 1.82) is 0 Å². The number of rotatable bonds is 4. The number of benzene rings is 1. The van der Waals surface area contributed by atoms with Crippen LogP contribution in [0.3, 0.4) is 0 Å². The van der Waals surface area contributed by atoms with Crippen LogP contribution in [-0.2, 0) is 6.54 Å². The van der Waals surface area contributed by atoms with Gasteiger partial charge in [-0.2, -0.15) is 0 Å². The van der Waals surface area contributed by atoms with E-state index in [1.54, 1.807) is 10.9 Å². The summed E-state index contributed by atoms with van der Waals surface area (Å²) in [4.78, 5) is 19.7. The Kier molecular flexibility index (Phi) is 4.81. The van der Waals surface area contributed by atoms with Gasteiger partial charge in [0.25, 0.3) is 5.56 Å². The van der Waals surface area contributed by atoms with Crippen molar-refractivity contribution in [3.05, 3.63) is 40.4 Å². The second kappa shape index (κ2) is 6.83. The molecule has 0 saturated carbocycles. The van der Waals surface area contributed by atoms with E-state index >= 15 is 0 Å². The molecule has 23 heavy (non-hydrogen) atoms. The van der Waals surface area contributed by atoms with E-state index < -0.39 is 0 Å². The van der Waals surface area contributed by atoms with Crippen LogP contribution in [0.1, 0.15) is 45.1 Å². The van der Waals surface area contributed by atoms with Gasteiger partial charge in [-0.15, -0.1) is 0 Å². The lowest BCUT2D eigenvalue weighted by atomic mass is 9.97. The minimum absolute atomic E-state index is 0.0885. The first-order valence-electron chi connectivity index (χ1n) is 8.78. The van der Waals surface area contributed by atoms with Gasteiger partial charge in [0, 0.05) is 18.6 Å². The fourth-order valence-electron chi connectivity index (χ4n) is 3.73. The highest BCUT2D eigenvalue weighted by Crippen LogP contribution is 2.22. The lowest BCUT2D eigenvalue weighted by Gasteiger charge is -2.38. The maximum Gasteiger partial charge on any atom is 0.261 e. The van der Waals surface area contributed by atoms with Gasteiger partial charge in [-0.25, -0.2) is 4.98 Å². The van der Waals surface area contributed by atoms with Gasteiger partial charge in [-0.1, -0.05) is 18.1 Å². The van der Waals surface area contributed by atoms with E-state index in [1.807, 2.05) is 25.1 Å². The second-order valence-electron chi connectivity index (χ2n) is 7.03. The summed E-state index contributed by atoms with van der Waals surface area (Å²) in [5.74, 6) is 0. The zero-order chi connectivity index (χ0) is 16.4. The van der Waals surface area contributed by atoms with Crippen LogP contribution in [0.2, 0.25) is 0 Å². The van der Waals surface area contributed by atoms with Gasteiger partial charge in [0.1, 0.15) is 0 Å². The van der Waals surface area contributed by atoms with Crippen LogP contribution in [0, 0.1) is 6.92 Å². The largest absolute Gasteiger partial charge is 0.299 e. The molecule has 0 bridgehead atoms. The number of nitrogens with zero attached hydrogens (tertiary/aromatic N) is 3. The molecule has 4 nitrogen and oxygen atoms in total. The molecule has 4 heteroatoms. The average molecular weight is 313 g/mol. The van der Waals surface area contributed by atoms with Gasteiger partial charge in [-0.05, 0) is 58.7 Å². The van der Waals surface area contributed by atoms with Crippen LogP contribution in [0.4, 0.5) is 0 Å². The zero-order valence-corrected chi connectivity index (χ0v) is 14.5. The first kappa shape index (κ1) is 16.2. The molecule has 2 heterocycles. The minimum atomic E-state index is 0.0885. The molecule has 1 fully saturated rings. The molecule has 1 atom stereocenters. The first-order valence-corrected chi connectivity index (χ1v) is 8.78. The third kappa shape index (κ3) is 3.47. The van der Waals surface area contributed by atoms with Gasteiger partial charge < -0.3 is 0 Å². The summed E-state index contributed by atoms with van der Waals surface area (Å²) in [7, 11) is 0. The monoisotopic (exact) mass is 313 g/mol. The highest BCUT2D eigenvalue weighted by Gasteiger charge is 2.24. The summed E-state index contributed by atoms with van der Waals surface area (Å²) < 4.78 is 1.79. The smallest absolute Gasteiger partial charge is 0.261 e. The van der Waals surface area contributed by atoms with Crippen molar-refractivity contribution in [2.45, 2.75) is 65.1 Å². The Morgan fingerprint density at radius 1 is 1.30 bits per heavy atom. The summed E-state index contributed by atoms with van der Waals surface area (Å²) >= 11 is 0. The minimum Gasteiger partial charge on any atom is -0.299 e. The summed E-state index contributed by atoms with van der Waals surface area (Å²) in [6.07, 6.45) is 6.58. The molecule has 0 amide bonds. The molecule has 124 valence electrons. The number of piperidine rings is 1. The Morgan fingerprint density at radius 3 is 2.91 bits per heavy atom. The van der Waals surface area contributed by atoms with Crippen LogP contribution in [0.5, 0.6) is 0 Å². The fourth-order valence-corrected chi connectivity index (χ4v) is 3.73. The highest BCUT2D eigenvalue weighted by molar-refractivity contribution is 5.77. The molecule has 0 unspecified atom stereocenters. The topological polar surface area (TPSA) is 38.1 Å². The van der Waals surface area contributed by atoms with Crippen LogP contribution < -0.4 is 5.56 Å². The molecule has 3 rings (SSSR count). The van der Waals surface area contributed by atoms with Crippen molar-refractivity contribution in [2.24, 2.45) is 0 Å². The number of aryl methyl sites for hydroxylation is 2.